The Kier molecular flexibility index (Phi) is 6.15. The number of nitrogens with one attached hydrogen (secondary N) is 1. The Bertz CT molecular complexity index is 763. The second-order valence-corrected chi connectivity index (χ2v) is 7.95. The molecule has 9 nitrogen and oxygen atoms in total. The smallest absolute Gasteiger partial charge is 0.230 e. The summed E-state index contributed by atoms with van der Waals surface area (Å²) in [6.07, 6.45) is 5.90. The van der Waals surface area contributed by atoms with Gasteiger partial charge >= 0.3 is 0 Å². The molecule has 4 heterocycles. The van der Waals surface area contributed by atoms with Crippen LogP contribution in [0.15, 0.2) is 11.9 Å². The van der Waals surface area contributed by atoms with Crippen LogP contribution in [0.25, 0.3) is 0 Å². The zero-order valence-corrected chi connectivity index (χ0v) is 17.1. The number of morpholine rings is 1. The molecule has 0 radical (unpaired) electrons. The van der Waals surface area contributed by atoms with Crippen molar-refractivity contribution in [2.24, 2.45) is 11.7 Å². The fourth-order valence-corrected chi connectivity index (χ4v) is 4.31. The van der Waals surface area contributed by atoms with Crippen molar-refractivity contribution in [1.29, 1.82) is 5.41 Å². The van der Waals surface area contributed by atoms with Crippen LogP contribution in [0.1, 0.15) is 18.4 Å². The Morgan fingerprint density at radius 3 is 2.83 bits per heavy atom. The SMILES string of the molecule is CN1CCCC(COc2nc(N3CCOCC3)nc3c2CCN3/C(C=N)=C/N)C1. The highest BCUT2D eigenvalue weighted by Crippen LogP contribution is 2.36. The van der Waals surface area contributed by atoms with Crippen molar-refractivity contribution < 1.29 is 9.47 Å². The summed E-state index contributed by atoms with van der Waals surface area (Å²) in [5, 5.41) is 7.68. The van der Waals surface area contributed by atoms with Crippen LogP contribution in [0, 0.1) is 11.3 Å². The fourth-order valence-electron chi connectivity index (χ4n) is 4.31. The standard InChI is InChI=1S/C20H31N7O2/c1-25-5-2-3-15(13-25)14-29-19-17-4-6-27(16(11-21)12-22)18(17)23-20(24-19)26-7-9-28-10-8-26/h11-12,15,21H,2-10,13-14,22H2,1H3/b16-12+,21-11?. The molecule has 1 unspecified atom stereocenters. The number of allylic oxidation sites excluding steroid dienone is 1. The maximum Gasteiger partial charge on any atom is 0.230 e. The third-order valence-corrected chi connectivity index (χ3v) is 5.88. The Balaban J connectivity index is 1.61. The van der Waals surface area contributed by atoms with E-state index in [0.717, 1.165) is 50.5 Å². The Hall–Kier alpha value is -2.39. The Morgan fingerprint density at radius 1 is 1.28 bits per heavy atom. The number of anilines is 2. The molecule has 4 rings (SSSR count). The van der Waals surface area contributed by atoms with Crippen LogP contribution in [0.2, 0.25) is 0 Å². The van der Waals surface area contributed by atoms with Crippen molar-refractivity contribution >= 4 is 18.0 Å². The van der Waals surface area contributed by atoms with Gasteiger partial charge in [0.2, 0.25) is 11.8 Å². The first-order valence-corrected chi connectivity index (χ1v) is 10.4. The topological polar surface area (TPSA) is 104 Å². The van der Waals surface area contributed by atoms with E-state index in [2.05, 4.69) is 16.8 Å². The monoisotopic (exact) mass is 401 g/mol. The van der Waals surface area contributed by atoms with Crippen LogP contribution in [-0.2, 0) is 11.2 Å². The normalized spacial score (nSPS) is 23.2. The van der Waals surface area contributed by atoms with Gasteiger partial charge in [0.15, 0.2) is 0 Å². The van der Waals surface area contributed by atoms with E-state index < -0.39 is 0 Å². The Labute approximate surface area is 172 Å². The molecule has 1 atom stereocenters. The summed E-state index contributed by atoms with van der Waals surface area (Å²) in [6.45, 7) is 6.47. The molecule has 3 N–H and O–H groups in total. The van der Waals surface area contributed by atoms with Gasteiger partial charge in [-0.05, 0) is 32.9 Å². The van der Waals surface area contributed by atoms with Gasteiger partial charge in [0.05, 0.1) is 31.1 Å². The fraction of sp³-hybridized carbons (Fsp3) is 0.650. The van der Waals surface area contributed by atoms with Crippen molar-refractivity contribution in [2.75, 3.05) is 69.4 Å². The van der Waals surface area contributed by atoms with Crippen molar-refractivity contribution in [1.82, 2.24) is 14.9 Å². The third kappa shape index (κ3) is 4.30. The van der Waals surface area contributed by atoms with Crippen LogP contribution < -0.4 is 20.3 Å². The number of likely N-dealkylation sites (tertiary alicyclic amines) is 1. The predicted octanol–water partition coefficient (Wildman–Crippen LogP) is 0.846. The van der Waals surface area contributed by atoms with E-state index in [1.54, 1.807) is 0 Å². The van der Waals surface area contributed by atoms with Crippen LogP contribution in [0.4, 0.5) is 11.8 Å². The first-order chi connectivity index (χ1) is 14.2. The van der Waals surface area contributed by atoms with E-state index in [0.29, 0.717) is 43.3 Å². The molecule has 0 bridgehead atoms. The number of fused-ring (bicyclic) bond motifs is 1. The summed E-state index contributed by atoms with van der Waals surface area (Å²) in [5.41, 5.74) is 7.39. The van der Waals surface area contributed by atoms with E-state index >= 15 is 0 Å². The summed E-state index contributed by atoms with van der Waals surface area (Å²) in [5.74, 6) is 2.66. The number of ether oxygens (including phenoxy) is 2. The van der Waals surface area contributed by atoms with Gasteiger partial charge in [-0.1, -0.05) is 0 Å². The summed E-state index contributed by atoms with van der Waals surface area (Å²) in [4.78, 5) is 16.1. The molecule has 2 fully saturated rings. The zero-order valence-electron chi connectivity index (χ0n) is 17.1. The largest absolute Gasteiger partial charge is 0.477 e. The molecule has 0 saturated carbocycles. The molecule has 3 aliphatic rings. The molecular formula is C20H31N7O2. The number of nitrogens with zero attached hydrogens (tertiary/aromatic N) is 5. The molecule has 1 aromatic heterocycles. The molecule has 3 aliphatic heterocycles. The van der Waals surface area contributed by atoms with Gasteiger partial charge in [-0.15, -0.1) is 0 Å². The van der Waals surface area contributed by atoms with E-state index in [4.69, 9.17) is 30.6 Å². The summed E-state index contributed by atoms with van der Waals surface area (Å²) >= 11 is 0. The van der Waals surface area contributed by atoms with E-state index in [-0.39, 0.29) is 0 Å². The van der Waals surface area contributed by atoms with Gasteiger partial charge in [-0.25, -0.2) is 0 Å². The lowest BCUT2D eigenvalue weighted by Crippen LogP contribution is -2.38. The summed E-state index contributed by atoms with van der Waals surface area (Å²) in [6, 6.07) is 0. The van der Waals surface area contributed by atoms with E-state index in [9.17, 15) is 0 Å². The summed E-state index contributed by atoms with van der Waals surface area (Å²) < 4.78 is 11.8. The number of hydrogen-bond donors (Lipinski definition) is 2. The minimum Gasteiger partial charge on any atom is -0.477 e. The minimum absolute atomic E-state index is 0.518. The number of hydrogen-bond acceptors (Lipinski definition) is 9. The zero-order chi connectivity index (χ0) is 20.2. The predicted molar refractivity (Wildman–Crippen MR) is 113 cm³/mol. The van der Waals surface area contributed by atoms with Gasteiger partial charge in [-0.3, -0.25) is 0 Å². The van der Waals surface area contributed by atoms with Crippen molar-refractivity contribution in [3.05, 3.63) is 17.5 Å². The highest BCUT2D eigenvalue weighted by Gasteiger charge is 2.30. The molecule has 9 heteroatoms. The van der Waals surface area contributed by atoms with Crippen LogP contribution in [0.3, 0.4) is 0 Å². The number of aromatic nitrogens is 2. The second kappa shape index (κ2) is 8.96. The number of nitrogens with two attached hydrogens (primary N) is 1. The van der Waals surface area contributed by atoms with Crippen molar-refractivity contribution in [2.45, 2.75) is 19.3 Å². The van der Waals surface area contributed by atoms with Crippen LogP contribution in [0.5, 0.6) is 5.88 Å². The number of rotatable bonds is 6. The van der Waals surface area contributed by atoms with Gasteiger partial charge in [0.25, 0.3) is 0 Å². The highest BCUT2D eigenvalue weighted by molar-refractivity contribution is 5.83. The van der Waals surface area contributed by atoms with Crippen LogP contribution in [-0.4, -0.2) is 80.7 Å². The molecule has 2 saturated heterocycles. The highest BCUT2D eigenvalue weighted by atomic mass is 16.5. The average molecular weight is 402 g/mol. The maximum absolute atomic E-state index is 7.68. The average Bonchev–Trinajstić information content (AvgIpc) is 3.18. The lowest BCUT2D eigenvalue weighted by Gasteiger charge is -2.30. The summed E-state index contributed by atoms with van der Waals surface area (Å²) in [7, 11) is 2.17. The molecule has 158 valence electrons. The Morgan fingerprint density at radius 2 is 2.10 bits per heavy atom. The lowest BCUT2D eigenvalue weighted by molar-refractivity contribution is 0.121. The first kappa shape index (κ1) is 19.9. The lowest BCUT2D eigenvalue weighted by atomic mass is 10.00. The van der Waals surface area contributed by atoms with Gasteiger partial charge in [0.1, 0.15) is 5.82 Å². The quantitative estimate of drug-likeness (QED) is 0.676. The third-order valence-electron chi connectivity index (χ3n) is 5.88. The molecule has 0 spiro atoms. The maximum atomic E-state index is 7.68. The van der Waals surface area contributed by atoms with Gasteiger partial charge in [-0.2, -0.15) is 9.97 Å². The van der Waals surface area contributed by atoms with Gasteiger partial charge in [0, 0.05) is 44.5 Å². The molecule has 0 aromatic carbocycles. The molecule has 1 aromatic rings. The first-order valence-electron chi connectivity index (χ1n) is 10.4. The van der Waals surface area contributed by atoms with Crippen molar-refractivity contribution in [3.63, 3.8) is 0 Å². The molecule has 0 aliphatic carbocycles. The molecular weight excluding hydrogens is 370 g/mol. The second-order valence-electron chi connectivity index (χ2n) is 7.95. The molecule has 0 amide bonds. The molecule has 29 heavy (non-hydrogen) atoms. The van der Waals surface area contributed by atoms with E-state index in [1.807, 2.05) is 4.90 Å². The van der Waals surface area contributed by atoms with Gasteiger partial charge < -0.3 is 35.3 Å². The number of piperidine rings is 1. The van der Waals surface area contributed by atoms with E-state index in [1.165, 1.54) is 25.3 Å². The minimum atomic E-state index is 0.518. The van der Waals surface area contributed by atoms with Crippen LogP contribution >= 0.6 is 0 Å². The van der Waals surface area contributed by atoms with Crippen molar-refractivity contribution in [3.8, 4) is 5.88 Å².